The second kappa shape index (κ2) is 8.19. The molecule has 1 aliphatic carbocycles. The Bertz CT molecular complexity index is 1370. The lowest BCUT2D eigenvalue weighted by Gasteiger charge is -2.22. The van der Waals surface area contributed by atoms with E-state index in [2.05, 4.69) is 39.7 Å². The molecule has 1 aromatic carbocycles. The van der Waals surface area contributed by atoms with Gasteiger partial charge in [0.25, 0.3) is 0 Å². The summed E-state index contributed by atoms with van der Waals surface area (Å²) in [5, 5.41) is 23.5. The zero-order chi connectivity index (χ0) is 23.4. The van der Waals surface area contributed by atoms with Crippen LogP contribution in [0.3, 0.4) is 0 Å². The van der Waals surface area contributed by atoms with Crippen LogP contribution in [0.15, 0.2) is 42.9 Å². The molecule has 1 aliphatic heterocycles. The Morgan fingerprint density at radius 3 is 2.94 bits per heavy atom. The van der Waals surface area contributed by atoms with Crippen LogP contribution < -0.4 is 11.2 Å². The molecule has 9 nitrogen and oxygen atoms in total. The van der Waals surface area contributed by atoms with Crippen LogP contribution in [0.25, 0.3) is 21.9 Å². The molecule has 0 amide bonds. The molecule has 1 fully saturated rings. The molecule has 0 radical (unpaired) electrons. The number of rotatable bonds is 4. The number of nitrogens with one attached hydrogen (secondary N) is 1. The summed E-state index contributed by atoms with van der Waals surface area (Å²) in [5.41, 5.74) is 12.8. The van der Waals surface area contributed by atoms with Crippen LogP contribution in [0.2, 0.25) is 0 Å². The fourth-order valence-corrected chi connectivity index (χ4v) is 5.44. The van der Waals surface area contributed by atoms with Crippen LogP contribution in [0, 0.1) is 5.92 Å². The molecule has 1 saturated carbocycles. The first-order valence-corrected chi connectivity index (χ1v) is 11.8. The number of nitrogens with two attached hydrogens (primary N) is 1. The summed E-state index contributed by atoms with van der Waals surface area (Å²) in [6, 6.07) is 10.1. The predicted molar refractivity (Wildman–Crippen MR) is 129 cm³/mol. The zero-order valence-electron chi connectivity index (χ0n) is 18.9. The molecule has 9 heteroatoms. The quantitative estimate of drug-likeness (QED) is 0.366. The van der Waals surface area contributed by atoms with Crippen LogP contribution >= 0.6 is 0 Å². The number of fused-ring (bicyclic) bond motifs is 3. The maximum Gasteiger partial charge on any atom is 0.153 e. The highest BCUT2D eigenvalue weighted by Gasteiger charge is 2.42. The van der Waals surface area contributed by atoms with Crippen molar-refractivity contribution in [1.29, 1.82) is 0 Å². The van der Waals surface area contributed by atoms with Gasteiger partial charge in [0.2, 0.25) is 0 Å². The lowest BCUT2D eigenvalue weighted by molar-refractivity contribution is 0.00545. The number of anilines is 2. The standard InChI is InChI=1S/C25H28N6O3/c1-13-8-17-10-15-4-2-14(9-19(15)29-24(17)30-34-13)3-5-16-11-20(22(33)21(16)32)31-7-6-18-23(26)27-12-28-25(18)31/h2,4,6-7,9-10,12-13,16,20-22,32-33H,3,5,8,11H2,1H3,(H,29,30)(H2,26,27,28)/t13?,16-,20+,21+,22-/m0/s1. The summed E-state index contributed by atoms with van der Waals surface area (Å²) in [4.78, 5) is 18.6. The molecule has 4 heterocycles. The van der Waals surface area contributed by atoms with Crippen molar-refractivity contribution in [3.05, 3.63) is 54.0 Å². The highest BCUT2D eigenvalue weighted by Crippen LogP contribution is 2.39. The maximum absolute atomic E-state index is 10.8. The van der Waals surface area contributed by atoms with Crippen molar-refractivity contribution in [3.8, 4) is 0 Å². The molecular formula is C25H28N6O3. The minimum atomic E-state index is -0.866. The largest absolute Gasteiger partial charge is 0.390 e. The van der Waals surface area contributed by atoms with Gasteiger partial charge in [0.1, 0.15) is 23.9 Å². The maximum atomic E-state index is 10.8. The van der Waals surface area contributed by atoms with Gasteiger partial charge in [-0.1, -0.05) is 12.1 Å². The van der Waals surface area contributed by atoms with Crippen molar-refractivity contribution in [3.63, 3.8) is 0 Å². The first-order chi connectivity index (χ1) is 16.5. The van der Waals surface area contributed by atoms with E-state index in [4.69, 9.17) is 15.6 Å². The number of aromatic nitrogens is 4. The van der Waals surface area contributed by atoms with Gasteiger partial charge < -0.3 is 20.5 Å². The Balaban J connectivity index is 1.19. The van der Waals surface area contributed by atoms with Crippen LogP contribution in [0.4, 0.5) is 11.6 Å². The summed E-state index contributed by atoms with van der Waals surface area (Å²) in [6.45, 7) is 2.03. The molecule has 0 bridgehead atoms. The van der Waals surface area contributed by atoms with Gasteiger partial charge >= 0.3 is 0 Å². The smallest absolute Gasteiger partial charge is 0.153 e. The van der Waals surface area contributed by atoms with Gasteiger partial charge in [0.05, 0.1) is 29.2 Å². The van der Waals surface area contributed by atoms with Crippen LogP contribution in [-0.4, -0.2) is 48.0 Å². The summed E-state index contributed by atoms with van der Waals surface area (Å²) < 4.78 is 1.92. The summed E-state index contributed by atoms with van der Waals surface area (Å²) in [6.07, 6.45) is 4.81. The van der Waals surface area contributed by atoms with E-state index in [1.54, 1.807) is 0 Å². The average Bonchev–Trinajstić information content (AvgIpc) is 3.38. The molecule has 34 heavy (non-hydrogen) atoms. The third-order valence-corrected chi connectivity index (χ3v) is 7.30. The normalized spacial score (nSPS) is 26.6. The molecule has 3 aromatic heterocycles. The lowest BCUT2D eigenvalue weighted by atomic mass is 9.95. The van der Waals surface area contributed by atoms with Gasteiger partial charge in [-0.15, -0.1) is 0 Å². The molecular weight excluding hydrogens is 432 g/mol. The van der Waals surface area contributed by atoms with E-state index in [0.717, 1.165) is 52.5 Å². The number of nitrogen functional groups attached to an aromatic ring is 1. The second-order valence-corrected chi connectivity index (χ2v) is 9.56. The number of aliphatic hydroxyl groups is 2. The topological polar surface area (TPSA) is 131 Å². The fourth-order valence-electron chi connectivity index (χ4n) is 5.44. The number of aliphatic hydroxyl groups excluding tert-OH is 2. The van der Waals surface area contributed by atoms with Gasteiger partial charge in [0, 0.05) is 18.0 Å². The van der Waals surface area contributed by atoms with Crippen molar-refractivity contribution >= 4 is 33.6 Å². The first kappa shape index (κ1) is 21.3. The summed E-state index contributed by atoms with van der Waals surface area (Å²) in [7, 11) is 0. The second-order valence-electron chi connectivity index (χ2n) is 9.56. The summed E-state index contributed by atoms with van der Waals surface area (Å²) >= 11 is 0. The highest BCUT2D eigenvalue weighted by molar-refractivity contribution is 5.86. The van der Waals surface area contributed by atoms with E-state index < -0.39 is 12.2 Å². The van der Waals surface area contributed by atoms with Gasteiger partial charge in [-0.05, 0) is 61.4 Å². The molecule has 2 aliphatic rings. The third kappa shape index (κ3) is 3.56. The minimum absolute atomic E-state index is 0.0274. The number of hydrogen-bond acceptors (Lipinski definition) is 8. The number of pyridine rings is 1. The first-order valence-electron chi connectivity index (χ1n) is 11.8. The Kier molecular flexibility index (Phi) is 5.13. The molecule has 176 valence electrons. The van der Waals surface area contributed by atoms with Gasteiger partial charge in [0.15, 0.2) is 5.82 Å². The Morgan fingerprint density at radius 1 is 1.18 bits per heavy atom. The molecule has 4 aromatic rings. The minimum Gasteiger partial charge on any atom is -0.390 e. The van der Waals surface area contributed by atoms with Crippen molar-refractivity contribution in [2.75, 3.05) is 11.2 Å². The Morgan fingerprint density at radius 2 is 2.06 bits per heavy atom. The SMILES string of the molecule is CC1Cc2cc3ccc(CC[C@H]4C[C@@H](n5ccc6c(N)ncnc65)[C@H](O)[C@@H]4O)cc3nc2NO1. The summed E-state index contributed by atoms with van der Waals surface area (Å²) in [5.74, 6) is 1.17. The van der Waals surface area contributed by atoms with E-state index in [1.165, 1.54) is 6.33 Å². The van der Waals surface area contributed by atoms with E-state index >= 15 is 0 Å². The van der Waals surface area contributed by atoms with Gasteiger partial charge in [-0.25, -0.2) is 20.4 Å². The third-order valence-electron chi connectivity index (χ3n) is 7.30. The molecule has 5 N–H and O–H groups in total. The van der Waals surface area contributed by atoms with E-state index in [9.17, 15) is 10.2 Å². The van der Waals surface area contributed by atoms with Crippen LogP contribution in [0.5, 0.6) is 0 Å². The number of aryl methyl sites for hydroxylation is 1. The van der Waals surface area contributed by atoms with Gasteiger partial charge in [-0.2, -0.15) is 0 Å². The van der Waals surface area contributed by atoms with Crippen molar-refractivity contribution in [2.24, 2.45) is 5.92 Å². The average molecular weight is 461 g/mol. The van der Waals surface area contributed by atoms with E-state index in [-0.39, 0.29) is 18.1 Å². The predicted octanol–water partition coefficient (Wildman–Crippen LogP) is 2.77. The van der Waals surface area contributed by atoms with Crippen molar-refractivity contribution < 1.29 is 15.1 Å². The fraction of sp³-hybridized carbons (Fsp3) is 0.400. The zero-order valence-corrected chi connectivity index (χ0v) is 18.9. The van der Waals surface area contributed by atoms with Crippen molar-refractivity contribution in [2.45, 2.75) is 57.0 Å². The van der Waals surface area contributed by atoms with E-state index in [0.29, 0.717) is 17.9 Å². The molecule has 1 unspecified atom stereocenters. The molecule has 0 saturated heterocycles. The molecule has 0 spiro atoms. The van der Waals surface area contributed by atoms with Crippen molar-refractivity contribution in [1.82, 2.24) is 19.5 Å². The monoisotopic (exact) mass is 460 g/mol. The Labute approximate surface area is 196 Å². The highest BCUT2D eigenvalue weighted by atomic mass is 16.7. The van der Waals surface area contributed by atoms with Gasteiger partial charge in [-0.3, -0.25) is 4.84 Å². The Hall–Kier alpha value is -3.27. The number of hydrogen-bond donors (Lipinski definition) is 4. The lowest BCUT2D eigenvalue weighted by Crippen LogP contribution is -2.29. The molecule has 6 rings (SSSR count). The number of nitrogens with zero attached hydrogens (tertiary/aromatic N) is 4. The van der Waals surface area contributed by atoms with Crippen LogP contribution in [0.1, 0.15) is 36.9 Å². The number of benzene rings is 1. The molecule has 5 atom stereocenters. The van der Waals surface area contributed by atoms with E-state index in [1.807, 2.05) is 23.8 Å². The van der Waals surface area contributed by atoms with Crippen LogP contribution in [-0.2, 0) is 17.7 Å².